The quantitative estimate of drug-likeness (QED) is 0.438. The molecule has 0 fully saturated rings. The molecule has 0 amide bonds. The molecule has 7 heteroatoms. The smallest absolute Gasteiger partial charge is 0.270 e. The Morgan fingerprint density at radius 3 is 2.70 bits per heavy atom. The first-order valence-corrected chi connectivity index (χ1v) is 9.67. The molecule has 0 radical (unpaired) electrons. The van der Waals surface area contributed by atoms with Crippen LogP contribution in [0.2, 0.25) is 0 Å². The van der Waals surface area contributed by atoms with Crippen LogP contribution in [0.4, 0.5) is 0 Å². The van der Waals surface area contributed by atoms with Crippen LogP contribution in [0.1, 0.15) is 5.56 Å². The monoisotopic (exact) mass is 390 g/mol. The summed E-state index contributed by atoms with van der Waals surface area (Å²) in [5.74, 6) is 0.541. The fraction of sp³-hybridized carbons (Fsp3) is 0.0500. The summed E-state index contributed by atoms with van der Waals surface area (Å²) in [6.45, 7) is 0.587. The van der Waals surface area contributed by atoms with E-state index in [2.05, 4.69) is 9.97 Å². The minimum atomic E-state index is -0.164. The number of hydrogen-bond donors (Lipinski definition) is 2. The lowest BCUT2D eigenvalue weighted by Crippen LogP contribution is -2.10. The van der Waals surface area contributed by atoms with Crippen molar-refractivity contribution in [3.8, 4) is 11.4 Å². The Bertz CT molecular complexity index is 1390. The molecule has 27 heavy (non-hydrogen) atoms. The van der Waals surface area contributed by atoms with Crippen LogP contribution in [0, 0.1) is 3.95 Å². The third-order valence-electron chi connectivity index (χ3n) is 4.55. The highest BCUT2D eigenvalue weighted by molar-refractivity contribution is 7.73. The molecule has 0 atom stereocenters. The predicted octanol–water partition coefficient (Wildman–Crippen LogP) is 4.71. The zero-order valence-corrected chi connectivity index (χ0v) is 15.7. The number of nitrogens with zero attached hydrogens (tertiary/aromatic N) is 2. The van der Waals surface area contributed by atoms with Crippen molar-refractivity contribution in [1.29, 1.82) is 0 Å². The molecule has 0 saturated heterocycles. The van der Waals surface area contributed by atoms with Gasteiger partial charge in [-0.3, -0.25) is 4.79 Å². The normalized spacial score (nSPS) is 11.4. The molecule has 5 rings (SSSR count). The molecule has 0 aliphatic rings. The minimum absolute atomic E-state index is 0.164. The van der Waals surface area contributed by atoms with Gasteiger partial charge >= 0.3 is 0 Å². The molecule has 0 bridgehead atoms. The Balaban J connectivity index is 1.73. The van der Waals surface area contributed by atoms with Gasteiger partial charge in [-0.05, 0) is 23.8 Å². The van der Waals surface area contributed by atoms with Gasteiger partial charge in [0.2, 0.25) is 0 Å². The highest BCUT2D eigenvalue weighted by Crippen LogP contribution is 2.27. The van der Waals surface area contributed by atoms with Gasteiger partial charge in [0.1, 0.15) is 10.5 Å². The molecule has 2 aromatic carbocycles. The van der Waals surface area contributed by atoms with E-state index in [0.717, 1.165) is 22.0 Å². The van der Waals surface area contributed by atoms with Crippen LogP contribution >= 0.6 is 23.6 Å². The van der Waals surface area contributed by atoms with E-state index < -0.39 is 0 Å². The lowest BCUT2D eigenvalue weighted by molar-refractivity contribution is 0.819. The average molecular weight is 390 g/mol. The lowest BCUT2D eigenvalue weighted by Gasteiger charge is -2.05. The first-order valence-electron chi connectivity index (χ1n) is 8.45. The van der Waals surface area contributed by atoms with Crippen LogP contribution < -0.4 is 5.56 Å². The molecule has 132 valence electrons. The zero-order valence-electron chi connectivity index (χ0n) is 14.1. The van der Waals surface area contributed by atoms with E-state index >= 15 is 0 Å². The van der Waals surface area contributed by atoms with E-state index in [0.29, 0.717) is 26.7 Å². The summed E-state index contributed by atoms with van der Waals surface area (Å²) in [6, 6.07) is 18.0. The Morgan fingerprint density at radius 2 is 1.85 bits per heavy atom. The van der Waals surface area contributed by atoms with E-state index in [9.17, 15) is 4.79 Å². The van der Waals surface area contributed by atoms with Crippen LogP contribution in [0.3, 0.4) is 0 Å². The van der Waals surface area contributed by atoms with Crippen molar-refractivity contribution >= 4 is 44.8 Å². The van der Waals surface area contributed by atoms with Gasteiger partial charge in [-0.2, -0.15) is 0 Å². The minimum Gasteiger partial charge on any atom is -0.360 e. The Hall–Kier alpha value is -3.03. The SMILES string of the molecule is O=c1[nH]c(-c2c[nH]c3ccccc23)nc2c1sc(=S)n2Cc1ccccc1. The molecule has 0 aliphatic carbocycles. The van der Waals surface area contributed by atoms with Crippen molar-refractivity contribution in [2.75, 3.05) is 0 Å². The summed E-state index contributed by atoms with van der Waals surface area (Å²) in [5.41, 5.74) is 3.44. The second-order valence-corrected chi connectivity index (χ2v) is 7.90. The summed E-state index contributed by atoms with van der Waals surface area (Å²) < 4.78 is 3.13. The van der Waals surface area contributed by atoms with Gasteiger partial charge in [0.25, 0.3) is 5.56 Å². The maximum absolute atomic E-state index is 12.7. The third kappa shape index (κ3) is 2.72. The van der Waals surface area contributed by atoms with Crippen molar-refractivity contribution in [3.05, 3.63) is 80.7 Å². The largest absolute Gasteiger partial charge is 0.360 e. The first kappa shape index (κ1) is 16.2. The average Bonchev–Trinajstić information content (AvgIpc) is 3.25. The highest BCUT2D eigenvalue weighted by atomic mass is 32.1. The summed E-state index contributed by atoms with van der Waals surface area (Å²) in [6.07, 6.45) is 1.87. The van der Waals surface area contributed by atoms with Gasteiger partial charge in [0, 0.05) is 22.7 Å². The Morgan fingerprint density at radius 1 is 1.07 bits per heavy atom. The number of benzene rings is 2. The van der Waals surface area contributed by atoms with Crippen LogP contribution in [0.25, 0.3) is 32.6 Å². The van der Waals surface area contributed by atoms with Gasteiger partial charge < -0.3 is 14.5 Å². The number of nitrogens with one attached hydrogen (secondary N) is 2. The van der Waals surface area contributed by atoms with Crippen molar-refractivity contribution < 1.29 is 0 Å². The number of H-pyrrole nitrogens is 2. The number of para-hydroxylation sites is 1. The second kappa shape index (κ2) is 6.29. The summed E-state index contributed by atoms with van der Waals surface area (Å²) in [5, 5.41) is 1.02. The molecular weight excluding hydrogens is 376 g/mol. The Labute approximate surface area is 163 Å². The number of hydrogen-bond acceptors (Lipinski definition) is 4. The second-order valence-electron chi connectivity index (χ2n) is 6.25. The fourth-order valence-electron chi connectivity index (χ4n) is 3.25. The van der Waals surface area contributed by atoms with Gasteiger partial charge in [0.05, 0.1) is 6.54 Å². The summed E-state index contributed by atoms with van der Waals surface area (Å²) in [4.78, 5) is 23.6. The number of aromatic nitrogens is 4. The number of rotatable bonds is 3. The summed E-state index contributed by atoms with van der Waals surface area (Å²) in [7, 11) is 0. The van der Waals surface area contributed by atoms with Gasteiger partial charge in [0.15, 0.2) is 9.60 Å². The number of aromatic amines is 2. The van der Waals surface area contributed by atoms with Crippen LogP contribution in [0.15, 0.2) is 65.6 Å². The van der Waals surface area contributed by atoms with Gasteiger partial charge in [-0.1, -0.05) is 59.9 Å². The molecule has 0 unspecified atom stereocenters. The van der Waals surface area contributed by atoms with E-state index in [4.69, 9.17) is 17.2 Å². The van der Waals surface area contributed by atoms with Crippen LogP contribution in [-0.4, -0.2) is 19.5 Å². The van der Waals surface area contributed by atoms with Crippen LogP contribution in [0.5, 0.6) is 0 Å². The van der Waals surface area contributed by atoms with Gasteiger partial charge in [-0.15, -0.1) is 0 Å². The van der Waals surface area contributed by atoms with Crippen molar-refractivity contribution in [3.63, 3.8) is 0 Å². The van der Waals surface area contributed by atoms with E-state index in [1.54, 1.807) is 0 Å². The molecular formula is C20H14N4OS2. The molecule has 5 nitrogen and oxygen atoms in total. The lowest BCUT2D eigenvalue weighted by atomic mass is 10.1. The predicted molar refractivity (Wildman–Crippen MR) is 112 cm³/mol. The first-order chi connectivity index (χ1) is 13.2. The van der Waals surface area contributed by atoms with Crippen molar-refractivity contribution in [1.82, 2.24) is 19.5 Å². The third-order valence-corrected chi connectivity index (χ3v) is 5.99. The van der Waals surface area contributed by atoms with Gasteiger partial charge in [-0.25, -0.2) is 4.98 Å². The molecule has 0 aliphatic heterocycles. The van der Waals surface area contributed by atoms with Crippen molar-refractivity contribution in [2.24, 2.45) is 0 Å². The molecule has 5 aromatic rings. The van der Waals surface area contributed by atoms with Crippen molar-refractivity contribution in [2.45, 2.75) is 6.54 Å². The summed E-state index contributed by atoms with van der Waals surface area (Å²) >= 11 is 6.81. The number of fused-ring (bicyclic) bond motifs is 2. The maximum Gasteiger partial charge on any atom is 0.270 e. The standard InChI is InChI=1S/C20H14N4OS2/c25-19-16-18(24(20(26)27-16)11-12-6-2-1-3-7-12)22-17(23-19)14-10-21-15-9-5-4-8-13(14)15/h1-10,21H,11H2,(H,22,23,25). The molecule has 0 spiro atoms. The van der Waals surface area contributed by atoms with Crippen LogP contribution in [-0.2, 0) is 6.54 Å². The molecule has 2 N–H and O–H groups in total. The van der Waals surface area contributed by atoms with E-state index in [1.165, 1.54) is 11.3 Å². The molecule has 0 saturated carbocycles. The zero-order chi connectivity index (χ0) is 18.4. The number of thiazole rings is 1. The van der Waals surface area contributed by atoms with E-state index in [-0.39, 0.29) is 5.56 Å². The topological polar surface area (TPSA) is 66.5 Å². The van der Waals surface area contributed by atoms with E-state index in [1.807, 2.05) is 65.4 Å². The fourth-order valence-corrected chi connectivity index (χ4v) is 4.48. The Kier molecular flexibility index (Phi) is 3.77. The maximum atomic E-state index is 12.7. The molecule has 3 aromatic heterocycles. The molecule has 3 heterocycles. The highest BCUT2D eigenvalue weighted by Gasteiger charge is 2.15.